The number of halogens is 1. The molecule has 2 rings (SSSR count). The van der Waals surface area contributed by atoms with Gasteiger partial charge in [0.05, 0.1) is 7.11 Å². The van der Waals surface area contributed by atoms with Gasteiger partial charge in [0.1, 0.15) is 6.07 Å². The molecule has 3 N–H and O–H groups in total. The fourth-order valence-electron chi connectivity index (χ4n) is 1.04. The van der Waals surface area contributed by atoms with E-state index >= 15 is 0 Å². The third-order valence-corrected chi connectivity index (χ3v) is 1.94. The summed E-state index contributed by atoms with van der Waals surface area (Å²) in [4.78, 5) is 33.2. The number of nitriles is 1. The van der Waals surface area contributed by atoms with Crippen molar-refractivity contribution >= 4 is 18.3 Å². The van der Waals surface area contributed by atoms with Crippen molar-refractivity contribution in [2.75, 3.05) is 7.11 Å². The van der Waals surface area contributed by atoms with Gasteiger partial charge in [-0.25, -0.2) is 9.97 Å². The molecule has 2 aromatic heterocycles. The Balaban J connectivity index is 0.000000370. The number of aromatic nitrogens is 4. The van der Waals surface area contributed by atoms with E-state index in [4.69, 9.17) is 10.7 Å². The second kappa shape index (κ2) is 9.00. The molecule has 21 heavy (non-hydrogen) atoms. The minimum Gasteiger partial charge on any atom is -0.480 e. The first kappa shape index (κ1) is 18.0. The average molecular weight is 311 g/mol. The molecule has 0 saturated carbocycles. The molecule has 10 heteroatoms. The Morgan fingerprint density at radius 3 is 2.24 bits per heavy atom. The number of ether oxygens (including phenoxy) is 1. The van der Waals surface area contributed by atoms with E-state index in [-0.39, 0.29) is 29.7 Å². The number of nitrogens with one attached hydrogen (secondary N) is 3. The first-order chi connectivity index (χ1) is 9.60. The summed E-state index contributed by atoms with van der Waals surface area (Å²) < 4.78 is 4.52. The number of hydrogen-bond donors (Lipinski definition) is 3. The van der Waals surface area contributed by atoms with Gasteiger partial charge < -0.3 is 14.7 Å². The molecule has 0 aliphatic rings. The summed E-state index contributed by atoms with van der Waals surface area (Å²) in [5.41, 5.74) is -0.966. The van der Waals surface area contributed by atoms with Crippen LogP contribution in [0.15, 0.2) is 34.4 Å². The predicted molar refractivity (Wildman–Crippen MR) is 75.5 cm³/mol. The average Bonchev–Trinajstić information content (AvgIpc) is 2.48. The monoisotopic (exact) mass is 310 g/mol. The summed E-state index contributed by atoms with van der Waals surface area (Å²) in [6.45, 7) is 0. The molecule has 0 aromatic carbocycles. The zero-order valence-corrected chi connectivity index (χ0v) is 11.6. The van der Waals surface area contributed by atoms with Crippen LogP contribution in [0, 0.1) is 16.7 Å². The highest BCUT2D eigenvalue weighted by molar-refractivity contribution is 5.88. The maximum Gasteiger partial charge on any atom is 0.284 e. The normalized spacial score (nSPS) is 8.38. The number of nitrogens with zero attached hydrogens (tertiary/aromatic N) is 3. The molecule has 2 heterocycles. The molecule has 0 unspecified atom stereocenters. The Hall–Kier alpha value is -2.99. The van der Waals surface area contributed by atoms with E-state index in [9.17, 15) is 9.59 Å². The Bertz CT molecular complexity index is 748. The highest BCUT2D eigenvalue weighted by Crippen LogP contribution is 1.85. The molecular weight excluding hydrogens is 300 g/mol. The van der Waals surface area contributed by atoms with E-state index in [1.807, 2.05) is 0 Å². The van der Waals surface area contributed by atoms with Crippen LogP contribution in [0.1, 0.15) is 11.4 Å². The van der Waals surface area contributed by atoms with Crippen LogP contribution in [0.5, 0.6) is 0 Å². The van der Waals surface area contributed by atoms with E-state index in [0.717, 1.165) is 0 Å². The van der Waals surface area contributed by atoms with Gasteiger partial charge in [-0.3, -0.25) is 15.0 Å². The lowest BCUT2D eigenvalue weighted by molar-refractivity contribution is 0.399. The minimum absolute atomic E-state index is 0. The van der Waals surface area contributed by atoms with Crippen LogP contribution in [-0.2, 0) is 4.74 Å². The van der Waals surface area contributed by atoms with Gasteiger partial charge in [0, 0.05) is 24.8 Å². The molecule has 0 spiro atoms. The van der Waals surface area contributed by atoms with Crippen molar-refractivity contribution in [3.63, 3.8) is 0 Å². The molecule has 0 bridgehead atoms. The van der Waals surface area contributed by atoms with E-state index in [2.05, 4.69) is 24.7 Å². The lowest BCUT2D eigenvalue weighted by Crippen LogP contribution is -2.20. The fraction of sp³-hybridized carbons (Fsp3) is 0.0909. The van der Waals surface area contributed by atoms with E-state index in [1.165, 1.54) is 31.9 Å². The Labute approximate surface area is 124 Å². The van der Waals surface area contributed by atoms with Gasteiger partial charge in [0.15, 0.2) is 5.69 Å². The third-order valence-electron chi connectivity index (χ3n) is 1.94. The number of aromatic amines is 2. The van der Waals surface area contributed by atoms with Crippen molar-refractivity contribution in [2.24, 2.45) is 0 Å². The first-order valence-corrected chi connectivity index (χ1v) is 5.20. The van der Waals surface area contributed by atoms with E-state index < -0.39 is 11.1 Å². The summed E-state index contributed by atoms with van der Waals surface area (Å²) in [7, 11) is 1.32. The molecule has 0 aliphatic heterocycles. The standard InChI is InChI=1S/C6H7N3O2.C5H3N3O.ClH/c1-11-5(7)4-6(10)9-3-2-8-4;6-3-4-5(9)8-2-1-7-4;/h2-3,7H,1H3,(H,9,10);1-2H,(H,8,9);1H. The van der Waals surface area contributed by atoms with Crippen molar-refractivity contribution in [1.82, 2.24) is 19.9 Å². The number of rotatable bonds is 1. The Kier molecular flexibility index (Phi) is 7.72. The number of methoxy groups -OCH3 is 1. The lowest BCUT2D eigenvalue weighted by atomic mass is 10.4. The summed E-state index contributed by atoms with van der Waals surface area (Å²) in [5.74, 6) is -0.230. The lowest BCUT2D eigenvalue weighted by Gasteiger charge is -1.97. The van der Waals surface area contributed by atoms with Crippen molar-refractivity contribution in [1.29, 1.82) is 10.7 Å². The number of hydrogen-bond acceptors (Lipinski definition) is 7. The van der Waals surface area contributed by atoms with E-state index in [0.29, 0.717) is 0 Å². The summed E-state index contributed by atoms with van der Waals surface area (Å²) in [5, 5.41) is 15.3. The van der Waals surface area contributed by atoms with Gasteiger partial charge in [-0.1, -0.05) is 0 Å². The predicted octanol–water partition coefficient (Wildman–Crippen LogP) is -0.195. The molecular formula is C11H11ClN6O3. The quantitative estimate of drug-likeness (QED) is 0.491. The van der Waals surface area contributed by atoms with Gasteiger partial charge in [-0.05, 0) is 0 Å². The Morgan fingerprint density at radius 1 is 1.24 bits per heavy atom. The van der Waals surface area contributed by atoms with E-state index in [1.54, 1.807) is 6.07 Å². The second-order valence-electron chi connectivity index (χ2n) is 3.18. The van der Waals surface area contributed by atoms with Crippen molar-refractivity contribution in [3.05, 3.63) is 56.9 Å². The minimum atomic E-state index is -0.444. The zero-order chi connectivity index (χ0) is 15.0. The molecule has 110 valence electrons. The fourth-order valence-corrected chi connectivity index (χ4v) is 1.04. The molecule has 9 nitrogen and oxygen atoms in total. The van der Waals surface area contributed by atoms with Crippen molar-refractivity contribution in [3.8, 4) is 6.07 Å². The van der Waals surface area contributed by atoms with Crippen LogP contribution >= 0.6 is 12.4 Å². The molecule has 0 saturated heterocycles. The highest BCUT2D eigenvalue weighted by Gasteiger charge is 2.05. The highest BCUT2D eigenvalue weighted by atomic mass is 35.5. The van der Waals surface area contributed by atoms with Gasteiger partial charge in [0.25, 0.3) is 11.1 Å². The topological polar surface area (TPSA) is 148 Å². The van der Waals surface area contributed by atoms with Crippen LogP contribution in [0.3, 0.4) is 0 Å². The molecule has 0 atom stereocenters. The van der Waals surface area contributed by atoms with Gasteiger partial charge >= 0.3 is 0 Å². The van der Waals surface area contributed by atoms with Gasteiger partial charge in [0.2, 0.25) is 11.6 Å². The third kappa shape index (κ3) is 5.25. The van der Waals surface area contributed by atoms with Gasteiger partial charge in [-0.2, -0.15) is 5.26 Å². The van der Waals surface area contributed by atoms with Crippen LogP contribution in [-0.4, -0.2) is 32.9 Å². The SMILES string of the molecule is COC(=N)c1ncc[nH]c1=O.Cl.N#Cc1ncc[nH]c1=O. The first-order valence-electron chi connectivity index (χ1n) is 5.20. The van der Waals surface area contributed by atoms with Gasteiger partial charge in [-0.15, -0.1) is 12.4 Å². The number of H-pyrrole nitrogens is 2. The molecule has 0 fully saturated rings. The van der Waals surface area contributed by atoms with Crippen molar-refractivity contribution < 1.29 is 4.74 Å². The summed E-state index contributed by atoms with van der Waals surface area (Å²) >= 11 is 0. The Morgan fingerprint density at radius 2 is 1.81 bits per heavy atom. The summed E-state index contributed by atoms with van der Waals surface area (Å²) in [6.07, 6.45) is 5.53. The molecule has 0 aliphatic carbocycles. The second-order valence-corrected chi connectivity index (χ2v) is 3.18. The smallest absolute Gasteiger partial charge is 0.284 e. The molecule has 2 aromatic rings. The maximum absolute atomic E-state index is 10.9. The van der Waals surface area contributed by atoms with Crippen LogP contribution < -0.4 is 11.1 Å². The van der Waals surface area contributed by atoms with Crippen LogP contribution in [0.2, 0.25) is 0 Å². The van der Waals surface area contributed by atoms with Crippen LogP contribution in [0.4, 0.5) is 0 Å². The van der Waals surface area contributed by atoms with Crippen molar-refractivity contribution in [2.45, 2.75) is 0 Å². The maximum atomic E-state index is 10.9. The van der Waals surface area contributed by atoms with Crippen LogP contribution in [0.25, 0.3) is 0 Å². The molecule has 0 amide bonds. The summed E-state index contributed by atoms with van der Waals surface area (Å²) in [6, 6.07) is 1.64. The zero-order valence-electron chi connectivity index (χ0n) is 10.8. The largest absolute Gasteiger partial charge is 0.480 e. The molecule has 0 radical (unpaired) electrons.